The molecule has 2 heterocycles. The molecule has 1 saturated heterocycles. The summed E-state index contributed by atoms with van der Waals surface area (Å²) in [5.74, 6) is 1.83. The Balaban J connectivity index is 2.26. The molecule has 1 aromatic rings. The zero-order valence-electron chi connectivity index (χ0n) is 17.1. The minimum atomic E-state index is -0.137. The Hall–Kier alpha value is -1.64. The minimum absolute atomic E-state index is 0.137. The van der Waals surface area contributed by atoms with E-state index >= 15 is 0 Å². The average Bonchev–Trinajstić information content (AvgIpc) is 3.02. The van der Waals surface area contributed by atoms with Crippen LogP contribution < -0.4 is 16.1 Å². The maximum atomic E-state index is 5.46. The van der Waals surface area contributed by atoms with E-state index < -0.39 is 0 Å². The van der Waals surface area contributed by atoms with Crippen molar-refractivity contribution < 1.29 is 4.74 Å². The third-order valence-electron chi connectivity index (χ3n) is 4.44. The number of rotatable bonds is 7. The molecule has 26 heavy (non-hydrogen) atoms. The van der Waals surface area contributed by atoms with E-state index in [0.717, 1.165) is 56.4 Å². The molecule has 0 radical (unpaired) electrons. The topological polar surface area (TPSA) is 78.7 Å². The van der Waals surface area contributed by atoms with Crippen molar-refractivity contribution in [1.29, 1.82) is 0 Å². The van der Waals surface area contributed by atoms with Crippen molar-refractivity contribution >= 4 is 11.7 Å². The molecule has 1 aromatic heterocycles. The van der Waals surface area contributed by atoms with Crippen molar-refractivity contribution in [2.45, 2.75) is 45.2 Å². The van der Waals surface area contributed by atoms with Gasteiger partial charge in [0.1, 0.15) is 11.7 Å². The lowest BCUT2D eigenvalue weighted by Crippen LogP contribution is -2.40. The highest BCUT2D eigenvalue weighted by Gasteiger charge is 2.25. The van der Waals surface area contributed by atoms with Gasteiger partial charge in [0, 0.05) is 46.4 Å². The molecule has 0 atom stereocenters. The van der Waals surface area contributed by atoms with Crippen molar-refractivity contribution in [3.05, 3.63) is 11.8 Å². The second kappa shape index (κ2) is 9.34. The number of anilines is 1. The monoisotopic (exact) mass is 365 g/mol. The van der Waals surface area contributed by atoms with Crippen molar-refractivity contribution in [3.63, 3.8) is 0 Å². The van der Waals surface area contributed by atoms with Crippen LogP contribution in [0.4, 0.5) is 5.82 Å². The first-order valence-corrected chi connectivity index (χ1v) is 9.39. The summed E-state index contributed by atoms with van der Waals surface area (Å²) < 4.78 is 7.48. The van der Waals surface area contributed by atoms with Gasteiger partial charge in [-0.1, -0.05) is 0 Å². The van der Waals surface area contributed by atoms with Crippen LogP contribution in [0.5, 0.6) is 0 Å². The highest BCUT2D eigenvalue weighted by Crippen LogP contribution is 2.25. The van der Waals surface area contributed by atoms with Gasteiger partial charge in [-0.05, 0) is 40.7 Å². The van der Waals surface area contributed by atoms with E-state index in [1.54, 1.807) is 0 Å². The summed E-state index contributed by atoms with van der Waals surface area (Å²) in [6.45, 7) is 9.82. The van der Waals surface area contributed by atoms with Crippen LogP contribution in [0.1, 0.15) is 39.2 Å². The van der Waals surface area contributed by atoms with Crippen LogP contribution in [0.15, 0.2) is 11.2 Å². The van der Waals surface area contributed by atoms with Crippen molar-refractivity contribution in [2.75, 3.05) is 52.9 Å². The molecule has 0 spiro atoms. The molecule has 1 aliphatic heterocycles. The van der Waals surface area contributed by atoms with Crippen LogP contribution in [0, 0.1) is 0 Å². The first-order chi connectivity index (χ1) is 12.4. The molecular weight excluding hydrogens is 330 g/mol. The number of hydrogen-bond acceptors (Lipinski definition) is 6. The molecule has 1 fully saturated rings. The summed E-state index contributed by atoms with van der Waals surface area (Å²) in [4.78, 5) is 4.52. The van der Waals surface area contributed by atoms with Gasteiger partial charge >= 0.3 is 0 Å². The highest BCUT2D eigenvalue weighted by atomic mass is 16.5. The van der Waals surface area contributed by atoms with Crippen molar-refractivity contribution in [3.8, 4) is 0 Å². The summed E-state index contributed by atoms with van der Waals surface area (Å²) in [6, 6.07) is 0.385. The summed E-state index contributed by atoms with van der Waals surface area (Å²) in [6.07, 6.45) is 3.89. The molecule has 0 amide bonds. The maximum absolute atomic E-state index is 5.46. The highest BCUT2D eigenvalue weighted by molar-refractivity contribution is 6.02. The van der Waals surface area contributed by atoms with E-state index in [-0.39, 0.29) is 5.54 Å². The predicted molar refractivity (Wildman–Crippen MR) is 107 cm³/mol. The van der Waals surface area contributed by atoms with E-state index in [9.17, 15) is 0 Å². The molecule has 148 valence electrons. The Labute approximate surface area is 157 Å². The van der Waals surface area contributed by atoms with Crippen molar-refractivity contribution in [2.24, 2.45) is 4.99 Å². The molecule has 0 unspecified atom stereocenters. The van der Waals surface area contributed by atoms with Gasteiger partial charge in [-0.2, -0.15) is 5.10 Å². The molecule has 3 N–H and O–H groups in total. The second-order valence-corrected chi connectivity index (χ2v) is 7.73. The number of nitrogens with zero attached hydrogens (tertiary/aromatic N) is 4. The lowest BCUT2D eigenvalue weighted by atomic mass is 10.1. The van der Waals surface area contributed by atoms with Crippen LogP contribution >= 0.6 is 0 Å². The van der Waals surface area contributed by atoms with Gasteiger partial charge in [0.15, 0.2) is 0 Å². The standard InChI is InChI=1S/C18H35N7O/c1-18(2,3)25-17(23-24(6)10-9-19-4)15(13-21-25)16(20-5)22-14-7-11-26-12-8-14/h13-14,19,23H,7-12H2,1-6H3,(H,20,22). The third-order valence-corrected chi connectivity index (χ3v) is 4.44. The van der Waals surface area contributed by atoms with Gasteiger partial charge in [0.2, 0.25) is 0 Å². The van der Waals surface area contributed by atoms with Gasteiger partial charge in [-0.25, -0.2) is 9.69 Å². The second-order valence-electron chi connectivity index (χ2n) is 7.73. The number of amidine groups is 1. The summed E-state index contributed by atoms with van der Waals surface area (Å²) >= 11 is 0. The fraction of sp³-hybridized carbons (Fsp3) is 0.778. The molecule has 0 bridgehead atoms. The molecular formula is C18H35N7O. The smallest absolute Gasteiger partial charge is 0.150 e. The van der Waals surface area contributed by atoms with Crippen LogP contribution in [0.3, 0.4) is 0 Å². The Morgan fingerprint density at radius 1 is 1.38 bits per heavy atom. The fourth-order valence-electron chi connectivity index (χ4n) is 2.95. The average molecular weight is 366 g/mol. The Bertz CT molecular complexity index is 585. The first-order valence-electron chi connectivity index (χ1n) is 9.39. The van der Waals surface area contributed by atoms with Crippen molar-refractivity contribution in [1.82, 2.24) is 25.4 Å². The third kappa shape index (κ3) is 5.43. The molecule has 1 aliphatic rings. The van der Waals surface area contributed by atoms with Gasteiger partial charge in [-0.15, -0.1) is 0 Å². The van der Waals surface area contributed by atoms with E-state index in [0.29, 0.717) is 6.04 Å². The zero-order chi connectivity index (χ0) is 19.2. The molecule has 0 aliphatic carbocycles. The fourth-order valence-corrected chi connectivity index (χ4v) is 2.95. The van der Waals surface area contributed by atoms with Gasteiger partial charge in [0.05, 0.1) is 17.3 Å². The molecule has 8 nitrogen and oxygen atoms in total. The number of ether oxygens (including phenoxy) is 1. The van der Waals surface area contributed by atoms with E-state index in [1.807, 2.05) is 32.0 Å². The predicted octanol–water partition coefficient (Wildman–Crippen LogP) is 1.26. The Morgan fingerprint density at radius 3 is 2.65 bits per heavy atom. The van der Waals surface area contributed by atoms with Crippen LogP contribution in [-0.4, -0.2) is 74.1 Å². The molecule has 8 heteroatoms. The number of likely N-dealkylation sites (N-methyl/N-ethyl adjacent to an activating group) is 2. The minimum Gasteiger partial charge on any atom is -0.381 e. The Morgan fingerprint density at radius 2 is 2.08 bits per heavy atom. The largest absolute Gasteiger partial charge is 0.381 e. The summed E-state index contributed by atoms with van der Waals surface area (Å²) in [5.41, 5.74) is 4.35. The lowest BCUT2D eigenvalue weighted by Gasteiger charge is -2.28. The molecule has 2 rings (SSSR count). The van der Waals surface area contributed by atoms with E-state index in [1.165, 1.54) is 0 Å². The van der Waals surface area contributed by atoms with Crippen LogP contribution in [0.2, 0.25) is 0 Å². The first kappa shape index (κ1) is 20.7. The van der Waals surface area contributed by atoms with Gasteiger partial charge in [0.25, 0.3) is 0 Å². The van der Waals surface area contributed by atoms with Gasteiger partial charge < -0.3 is 20.8 Å². The van der Waals surface area contributed by atoms with Crippen LogP contribution in [-0.2, 0) is 10.3 Å². The number of nitrogens with one attached hydrogen (secondary N) is 3. The SMILES string of the molecule is CN=C(NC1CCOCC1)c1cnn(C(C)(C)C)c1NN(C)CCNC. The number of aliphatic imine (C=N–C) groups is 1. The number of hydrogen-bond donors (Lipinski definition) is 3. The molecule has 0 saturated carbocycles. The van der Waals surface area contributed by atoms with E-state index in [4.69, 9.17) is 4.74 Å². The quantitative estimate of drug-likeness (QED) is 0.384. The van der Waals surface area contributed by atoms with Gasteiger partial charge in [-0.3, -0.25) is 4.99 Å². The number of hydrazine groups is 1. The van der Waals surface area contributed by atoms with Crippen LogP contribution in [0.25, 0.3) is 0 Å². The van der Waals surface area contributed by atoms with E-state index in [2.05, 4.69) is 51.9 Å². The number of aromatic nitrogens is 2. The zero-order valence-corrected chi connectivity index (χ0v) is 17.1. The summed E-state index contributed by atoms with van der Waals surface area (Å²) in [5, 5.41) is 13.5. The maximum Gasteiger partial charge on any atom is 0.150 e. The Kier molecular flexibility index (Phi) is 7.43. The lowest BCUT2D eigenvalue weighted by molar-refractivity contribution is 0.0825. The summed E-state index contributed by atoms with van der Waals surface area (Å²) in [7, 11) is 5.82. The normalized spacial score (nSPS) is 17.0. The molecule has 0 aromatic carbocycles.